The van der Waals surface area contributed by atoms with Gasteiger partial charge in [0.05, 0.1) is 10.2 Å². The molecule has 1 aromatic heterocycles. The van der Waals surface area contributed by atoms with E-state index in [1.54, 1.807) is 16.9 Å². The van der Waals surface area contributed by atoms with Crippen LogP contribution in [0, 0.1) is 0 Å². The van der Waals surface area contributed by atoms with Crippen molar-refractivity contribution in [2.75, 3.05) is 11.9 Å². The second-order valence-electron chi connectivity index (χ2n) is 4.77. The van der Waals surface area contributed by atoms with Gasteiger partial charge in [0.15, 0.2) is 5.13 Å². The number of para-hydroxylation sites is 1. The monoisotopic (exact) mass is 258 g/mol. The minimum atomic E-state index is 1.01. The number of hydrogen-bond donors (Lipinski definition) is 1. The highest BCUT2D eigenvalue weighted by molar-refractivity contribution is 7.22. The van der Waals surface area contributed by atoms with Crippen LogP contribution >= 0.6 is 11.3 Å². The molecule has 0 saturated heterocycles. The van der Waals surface area contributed by atoms with Gasteiger partial charge in [-0.15, -0.1) is 0 Å². The van der Waals surface area contributed by atoms with Crippen molar-refractivity contribution in [1.29, 1.82) is 0 Å². The topological polar surface area (TPSA) is 24.9 Å². The second kappa shape index (κ2) is 5.53. The summed E-state index contributed by atoms with van der Waals surface area (Å²) in [5.74, 6) is 0. The minimum absolute atomic E-state index is 1.01. The normalized spacial score (nSPS) is 15.7. The number of benzene rings is 1. The lowest BCUT2D eigenvalue weighted by Crippen LogP contribution is -2.03. The Morgan fingerprint density at radius 3 is 3.00 bits per heavy atom. The molecule has 0 aliphatic heterocycles. The van der Waals surface area contributed by atoms with E-state index in [-0.39, 0.29) is 0 Å². The van der Waals surface area contributed by atoms with Crippen molar-refractivity contribution in [2.24, 2.45) is 0 Å². The molecule has 0 saturated carbocycles. The SMILES string of the molecule is C1=C(CCNc2nc3ccccc3s2)CCCC1. The number of anilines is 1. The summed E-state index contributed by atoms with van der Waals surface area (Å²) in [4.78, 5) is 4.58. The summed E-state index contributed by atoms with van der Waals surface area (Å²) >= 11 is 1.74. The van der Waals surface area contributed by atoms with Gasteiger partial charge in [-0.05, 0) is 44.2 Å². The third-order valence-corrected chi connectivity index (χ3v) is 4.40. The van der Waals surface area contributed by atoms with Gasteiger partial charge >= 0.3 is 0 Å². The number of allylic oxidation sites excluding steroid dienone is 1. The van der Waals surface area contributed by atoms with Crippen molar-refractivity contribution in [3.8, 4) is 0 Å². The Labute approximate surface area is 112 Å². The molecule has 1 heterocycles. The van der Waals surface area contributed by atoms with Gasteiger partial charge < -0.3 is 5.32 Å². The highest BCUT2D eigenvalue weighted by Gasteiger charge is 2.05. The first-order chi connectivity index (χ1) is 8.92. The quantitative estimate of drug-likeness (QED) is 0.811. The van der Waals surface area contributed by atoms with Crippen LogP contribution in [0.5, 0.6) is 0 Å². The molecule has 3 rings (SSSR count). The molecular formula is C15H18N2S. The van der Waals surface area contributed by atoms with E-state index in [2.05, 4.69) is 34.6 Å². The van der Waals surface area contributed by atoms with Gasteiger partial charge in [-0.25, -0.2) is 4.98 Å². The summed E-state index contributed by atoms with van der Waals surface area (Å²) in [5, 5.41) is 4.50. The Balaban J connectivity index is 1.58. The van der Waals surface area contributed by atoms with E-state index >= 15 is 0 Å². The third kappa shape index (κ3) is 2.72. The molecule has 0 atom stereocenters. The van der Waals surface area contributed by atoms with Crippen molar-refractivity contribution in [3.63, 3.8) is 0 Å². The van der Waals surface area contributed by atoms with E-state index in [0.717, 1.165) is 23.6 Å². The maximum atomic E-state index is 4.58. The van der Waals surface area contributed by atoms with E-state index in [0.29, 0.717) is 0 Å². The fraction of sp³-hybridized carbons (Fsp3) is 0.400. The van der Waals surface area contributed by atoms with Crippen molar-refractivity contribution in [2.45, 2.75) is 32.1 Å². The summed E-state index contributed by atoms with van der Waals surface area (Å²) in [6, 6.07) is 8.30. The Hall–Kier alpha value is -1.35. The number of thiazole rings is 1. The first kappa shape index (κ1) is 11.7. The van der Waals surface area contributed by atoms with Crippen LogP contribution < -0.4 is 5.32 Å². The van der Waals surface area contributed by atoms with E-state index in [1.807, 2.05) is 6.07 Å². The molecule has 0 unspecified atom stereocenters. The molecule has 0 radical (unpaired) electrons. The minimum Gasteiger partial charge on any atom is -0.361 e. The Kier molecular flexibility index (Phi) is 3.60. The Morgan fingerprint density at radius 2 is 2.17 bits per heavy atom. The van der Waals surface area contributed by atoms with Gasteiger partial charge in [0.2, 0.25) is 0 Å². The van der Waals surface area contributed by atoms with E-state index in [9.17, 15) is 0 Å². The summed E-state index contributed by atoms with van der Waals surface area (Å²) < 4.78 is 1.26. The first-order valence-electron chi connectivity index (χ1n) is 6.69. The van der Waals surface area contributed by atoms with Crippen LogP contribution in [0.3, 0.4) is 0 Å². The van der Waals surface area contributed by atoms with Crippen LogP contribution in [0.25, 0.3) is 10.2 Å². The molecule has 3 heteroatoms. The maximum absolute atomic E-state index is 4.58. The lowest BCUT2D eigenvalue weighted by atomic mass is 9.97. The average molecular weight is 258 g/mol. The molecule has 2 nitrogen and oxygen atoms in total. The molecule has 2 aromatic rings. The number of aromatic nitrogens is 1. The van der Waals surface area contributed by atoms with Crippen molar-refractivity contribution in [1.82, 2.24) is 4.98 Å². The largest absolute Gasteiger partial charge is 0.361 e. The zero-order valence-corrected chi connectivity index (χ0v) is 11.3. The molecular weight excluding hydrogens is 240 g/mol. The maximum Gasteiger partial charge on any atom is 0.183 e. The standard InChI is InChI=1S/C15H18N2S/c1-2-6-12(7-3-1)10-11-16-15-17-13-8-4-5-9-14(13)18-15/h4-6,8-9H,1-3,7,10-11H2,(H,16,17). The molecule has 1 N–H and O–H groups in total. The number of fused-ring (bicyclic) bond motifs is 1. The van der Waals surface area contributed by atoms with E-state index in [1.165, 1.54) is 30.4 Å². The molecule has 94 valence electrons. The highest BCUT2D eigenvalue weighted by Crippen LogP contribution is 2.26. The number of hydrogen-bond acceptors (Lipinski definition) is 3. The summed E-state index contributed by atoms with van der Waals surface area (Å²) in [5.41, 5.74) is 2.72. The van der Waals surface area contributed by atoms with Crippen molar-refractivity contribution >= 4 is 26.7 Å². The van der Waals surface area contributed by atoms with Gasteiger partial charge in [0.1, 0.15) is 0 Å². The zero-order chi connectivity index (χ0) is 12.2. The predicted molar refractivity (Wildman–Crippen MR) is 79.3 cm³/mol. The van der Waals surface area contributed by atoms with Gasteiger partial charge in [0, 0.05) is 6.54 Å². The summed E-state index contributed by atoms with van der Waals surface area (Å²) in [7, 11) is 0. The fourth-order valence-corrected chi connectivity index (χ4v) is 3.30. The van der Waals surface area contributed by atoms with Gasteiger partial charge in [-0.3, -0.25) is 0 Å². The zero-order valence-electron chi connectivity index (χ0n) is 10.5. The number of nitrogens with zero attached hydrogens (tertiary/aromatic N) is 1. The van der Waals surface area contributed by atoms with Gasteiger partial charge in [-0.2, -0.15) is 0 Å². The second-order valence-corrected chi connectivity index (χ2v) is 5.80. The molecule has 0 spiro atoms. The number of rotatable bonds is 4. The van der Waals surface area contributed by atoms with E-state index in [4.69, 9.17) is 0 Å². The van der Waals surface area contributed by atoms with Crippen molar-refractivity contribution in [3.05, 3.63) is 35.9 Å². The third-order valence-electron chi connectivity index (χ3n) is 3.40. The molecule has 1 aromatic carbocycles. The molecule has 0 fully saturated rings. The smallest absolute Gasteiger partial charge is 0.183 e. The van der Waals surface area contributed by atoms with Crippen LogP contribution in [-0.4, -0.2) is 11.5 Å². The van der Waals surface area contributed by atoms with E-state index < -0.39 is 0 Å². The Morgan fingerprint density at radius 1 is 1.22 bits per heavy atom. The average Bonchev–Trinajstić information content (AvgIpc) is 2.82. The first-order valence-corrected chi connectivity index (χ1v) is 7.51. The van der Waals surface area contributed by atoms with Crippen LogP contribution in [0.4, 0.5) is 5.13 Å². The molecule has 1 aliphatic carbocycles. The van der Waals surface area contributed by atoms with Crippen molar-refractivity contribution < 1.29 is 0 Å². The van der Waals surface area contributed by atoms with Crippen LogP contribution in [-0.2, 0) is 0 Å². The highest BCUT2D eigenvalue weighted by atomic mass is 32.1. The molecule has 0 bridgehead atoms. The molecule has 1 aliphatic rings. The van der Waals surface area contributed by atoms with Crippen LogP contribution in [0.2, 0.25) is 0 Å². The molecule has 18 heavy (non-hydrogen) atoms. The van der Waals surface area contributed by atoms with Gasteiger partial charge in [0.25, 0.3) is 0 Å². The van der Waals surface area contributed by atoms with Gasteiger partial charge in [-0.1, -0.05) is 35.1 Å². The fourth-order valence-electron chi connectivity index (χ4n) is 2.41. The lowest BCUT2D eigenvalue weighted by molar-refractivity contribution is 0.679. The summed E-state index contributed by atoms with van der Waals surface area (Å²) in [6.07, 6.45) is 8.89. The molecule has 0 amide bonds. The Bertz CT molecular complexity index is 523. The van der Waals surface area contributed by atoms with Crippen LogP contribution in [0.15, 0.2) is 35.9 Å². The lowest BCUT2D eigenvalue weighted by Gasteiger charge is -2.12. The predicted octanol–water partition coefficient (Wildman–Crippen LogP) is 4.60. The summed E-state index contributed by atoms with van der Waals surface area (Å²) in [6.45, 7) is 1.01. The number of nitrogens with one attached hydrogen (secondary N) is 1. The van der Waals surface area contributed by atoms with Crippen LogP contribution in [0.1, 0.15) is 32.1 Å².